The first-order valence-corrected chi connectivity index (χ1v) is 4.88. The second kappa shape index (κ2) is 6.24. The molecule has 8 heteroatoms. The van der Waals surface area contributed by atoms with Crippen LogP contribution in [0.25, 0.3) is 0 Å². The molecule has 1 rings (SSSR count). The van der Waals surface area contributed by atoms with Crippen LogP contribution in [0.1, 0.15) is 10.4 Å². The first-order chi connectivity index (χ1) is 8.88. The highest BCUT2D eigenvalue weighted by molar-refractivity contribution is 5.88. The maximum atomic E-state index is 10.8. The monoisotopic (exact) mass is 269 g/mol. The molecule has 0 amide bonds. The second-order valence-electron chi connectivity index (χ2n) is 3.27. The molecular weight excluding hydrogens is 260 g/mol. The van der Waals surface area contributed by atoms with Gasteiger partial charge in [-0.15, -0.1) is 0 Å². The summed E-state index contributed by atoms with van der Waals surface area (Å²) in [6.45, 7) is -1.37. The number of ether oxygens (including phenoxy) is 2. The van der Waals surface area contributed by atoms with Gasteiger partial charge in [0, 0.05) is 0 Å². The molecular formula is C11H9O8. The first kappa shape index (κ1) is 14.3. The normalized spacial score (nSPS) is 9.68. The van der Waals surface area contributed by atoms with Crippen molar-refractivity contribution in [1.29, 1.82) is 0 Å². The molecule has 0 heterocycles. The van der Waals surface area contributed by atoms with E-state index in [1.165, 1.54) is 0 Å². The van der Waals surface area contributed by atoms with Gasteiger partial charge in [-0.25, -0.2) is 14.4 Å². The summed E-state index contributed by atoms with van der Waals surface area (Å²) in [6.07, 6.45) is 0. The van der Waals surface area contributed by atoms with Crippen LogP contribution < -0.4 is 9.47 Å². The van der Waals surface area contributed by atoms with E-state index in [4.69, 9.17) is 24.8 Å². The van der Waals surface area contributed by atoms with Gasteiger partial charge in [-0.2, -0.15) is 0 Å². The van der Waals surface area contributed by atoms with Crippen LogP contribution in [-0.4, -0.2) is 46.4 Å². The zero-order valence-corrected chi connectivity index (χ0v) is 9.45. The van der Waals surface area contributed by atoms with Crippen molar-refractivity contribution in [3.8, 4) is 11.5 Å². The van der Waals surface area contributed by atoms with Crippen LogP contribution in [0.5, 0.6) is 11.5 Å². The van der Waals surface area contributed by atoms with Crippen molar-refractivity contribution in [2.24, 2.45) is 0 Å². The molecule has 0 saturated carbocycles. The quantitative estimate of drug-likeness (QED) is 0.635. The number of carboxylic acid groups (broad SMARTS) is 3. The van der Waals surface area contributed by atoms with E-state index in [-0.39, 0.29) is 17.1 Å². The molecule has 0 aliphatic heterocycles. The fourth-order valence-electron chi connectivity index (χ4n) is 1.08. The highest BCUT2D eigenvalue weighted by atomic mass is 16.5. The predicted octanol–water partition coefficient (Wildman–Crippen LogP) is 0.112. The molecule has 0 aliphatic carbocycles. The molecule has 0 bridgehead atoms. The molecule has 0 atom stereocenters. The Morgan fingerprint density at radius 1 is 0.947 bits per heavy atom. The molecule has 1 aromatic carbocycles. The van der Waals surface area contributed by atoms with Crippen LogP contribution >= 0.6 is 0 Å². The minimum atomic E-state index is -1.30. The minimum Gasteiger partial charge on any atom is -0.481 e. The lowest BCUT2D eigenvalue weighted by atomic mass is 10.2. The molecule has 0 unspecified atom stereocenters. The van der Waals surface area contributed by atoms with Crippen molar-refractivity contribution in [3.05, 3.63) is 23.8 Å². The SMILES string of the molecule is O=C(O)COc1[c]c(OCC(=O)O)cc(C(=O)O)c1. The van der Waals surface area contributed by atoms with Crippen molar-refractivity contribution in [2.75, 3.05) is 13.2 Å². The summed E-state index contributed by atoms with van der Waals surface area (Å²) in [5.41, 5.74) is -0.237. The number of carbonyl (C=O) groups is 3. The molecule has 0 aromatic heterocycles. The van der Waals surface area contributed by atoms with Gasteiger partial charge < -0.3 is 24.8 Å². The largest absolute Gasteiger partial charge is 0.481 e. The summed E-state index contributed by atoms with van der Waals surface area (Å²) in [5, 5.41) is 25.7. The molecule has 1 aromatic rings. The lowest BCUT2D eigenvalue weighted by Gasteiger charge is -2.08. The van der Waals surface area contributed by atoms with E-state index in [1.807, 2.05) is 0 Å². The Morgan fingerprint density at radius 3 is 1.68 bits per heavy atom. The van der Waals surface area contributed by atoms with E-state index in [9.17, 15) is 14.4 Å². The van der Waals surface area contributed by atoms with Crippen molar-refractivity contribution < 1.29 is 39.2 Å². The Balaban J connectivity index is 2.93. The van der Waals surface area contributed by atoms with E-state index in [0.29, 0.717) is 0 Å². The van der Waals surface area contributed by atoms with Gasteiger partial charge in [-0.1, -0.05) is 0 Å². The summed E-state index contributed by atoms with van der Waals surface area (Å²) >= 11 is 0. The highest BCUT2D eigenvalue weighted by Crippen LogP contribution is 2.22. The summed E-state index contributed by atoms with van der Waals surface area (Å²) in [5.74, 6) is -4.12. The standard InChI is InChI=1S/C11H9O8/c12-9(13)4-18-7-1-6(11(16)17)2-8(3-7)19-5-10(14)15/h1-2H,4-5H2,(H,12,13)(H,14,15)(H,16,17). The van der Waals surface area contributed by atoms with Gasteiger partial charge in [-0.3, -0.25) is 0 Å². The third kappa shape index (κ3) is 4.94. The number of carboxylic acids is 3. The van der Waals surface area contributed by atoms with Gasteiger partial charge in [0.15, 0.2) is 13.2 Å². The lowest BCUT2D eigenvalue weighted by molar-refractivity contribution is -0.140. The molecule has 0 aliphatic rings. The lowest BCUT2D eigenvalue weighted by Crippen LogP contribution is -2.12. The topological polar surface area (TPSA) is 130 Å². The van der Waals surface area contributed by atoms with Crippen LogP contribution in [-0.2, 0) is 9.59 Å². The van der Waals surface area contributed by atoms with Gasteiger partial charge in [0.1, 0.15) is 11.5 Å². The van der Waals surface area contributed by atoms with E-state index < -0.39 is 31.1 Å². The van der Waals surface area contributed by atoms with Gasteiger partial charge in [0.25, 0.3) is 0 Å². The first-order valence-electron chi connectivity index (χ1n) is 4.88. The van der Waals surface area contributed by atoms with E-state index in [2.05, 4.69) is 6.07 Å². The molecule has 101 valence electrons. The molecule has 0 spiro atoms. The molecule has 3 N–H and O–H groups in total. The third-order valence-electron chi connectivity index (χ3n) is 1.77. The van der Waals surface area contributed by atoms with Gasteiger partial charge in [-0.05, 0) is 12.1 Å². The number of aromatic carboxylic acids is 1. The van der Waals surface area contributed by atoms with E-state index in [1.54, 1.807) is 0 Å². The van der Waals surface area contributed by atoms with Crippen molar-refractivity contribution in [2.45, 2.75) is 0 Å². The van der Waals surface area contributed by atoms with Crippen LogP contribution in [0, 0.1) is 6.07 Å². The minimum absolute atomic E-state index is 0.164. The average Bonchev–Trinajstić information content (AvgIpc) is 2.33. The van der Waals surface area contributed by atoms with Crippen LogP contribution in [0.3, 0.4) is 0 Å². The predicted molar refractivity (Wildman–Crippen MR) is 58.5 cm³/mol. The Bertz CT molecular complexity index is 471. The second-order valence-corrected chi connectivity index (χ2v) is 3.27. The fraction of sp³-hybridized carbons (Fsp3) is 0.182. The Labute approximate surface area is 106 Å². The van der Waals surface area contributed by atoms with Crippen LogP contribution in [0.15, 0.2) is 12.1 Å². The number of hydrogen-bond acceptors (Lipinski definition) is 5. The fourth-order valence-corrected chi connectivity index (χ4v) is 1.08. The third-order valence-corrected chi connectivity index (χ3v) is 1.77. The van der Waals surface area contributed by atoms with Crippen molar-refractivity contribution >= 4 is 17.9 Å². The number of rotatable bonds is 7. The Hall–Kier alpha value is -2.77. The summed E-state index contributed by atoms with van der Waals surface area (Å²) in [7, 11) is 0. The maximum absolute atomic E-state index is 10.8. The van der Waals surface area contributed by atoms with E-state index in [0.717, 1.165) is 12.1 Å². The zero-order valence-electron chi connectivity index (χ0n) is 9.45. The molecule has 0 saturated heterocycles. The summed E-state index contributed by atoms with van der Waals surface area (Å²) < 4.78 is 9.52. The smallest absolute Gasteiger partial charge is 0.341 e. The van der Waals surface area contributed by atoms with Crippen molar-refractivity contribution in [3.63, 3.8) is 0 Å². The van der Waals surface area contributed by atoms with Crippen LogP contribution in [0.4, 0.5) is 0 Å². The molecule has 19 heavy (non-hydrogen) atoms. The zero-order chi connectivity index (χ0) is 14.4. The molecule has 0 fully saturated rings. The number of benzene rings is 1. The highest BCUT2D eigenvalue weighted by Gasteiger charge is 2.11. The number of aliphatic carboxylic acids is 2. The summed E-state index contributed by atoms with van der Waals surface area (Å²) in [6, 6.07) is 4.52. The Morgan fingerprint density at radius 2 is 1.37 bits per heavy atom. The molecule has 1 radical (unpaired) electrons. The Kier molecular flexibility index (Phi) is 4.69. The summed E-state index contributed by atoms with van der Waals surface area (Å²) in [4.78, 5) is 31.5. The average molecular weight is 269 g/mol. The number of hydrogen-bond donors (Lipinski definition) is 3. The molecule has 8 nitrogen and oxygen atoms in total. The van der Waals surface area contributed by atoms with Gasteiger partial charge in [0.05, 0.1) is 11.6 Å². The maximum Gasteiger partial charge on any atom is 0.341 e. The van der Waals surface area contributed by atoms with Gasteiger partial charge in [0.2, 0.25) is 0 Å². The van der Waals surface area contributed by atoms with E-state index >= 15 is 0 Å². The van der Waals surface area contributed by atoms with Gasteiger partial charge >= 0.3 is 17.9 Å². The van der Waals surface area contributed by atoms with Crippen molar-refractivity contribution in [1.82, 2.24) is 0 Å². The van der Waals surface area contributed by atoms with Crippen LogP contribution in [0.2, 0.25) is 0 Å².